The zero-order valence-electron chi connectivity index (χ0n) is 15.9. The Balaban J connectivity index is 1.64. The van der Waals surface area contributed by atoms with E-state index < -0.39 is 13.4 Å². The second-order valence-electron chi connectivity index (χ2n) is 8.04. The molecular weight excluding hydrogens is 369 g/mol. The number of nitrogens with two attached hydrogens (primary N) is 1. The van der Waals surface area contributed by atoms with Crippen LogP contribution >= 0.6 is 19.2 Å². The van der Waals surface area contributed by atoms with Gasteiger partial charge in [-0.1, -0.05) is 44.9 Å². The summed E-state index contributed by atoms with van der Waals surface area (Å²) in [7, 11) is -4.46. The fraction of sp³-hybridized carbons (Fsp3) is 0.789. The number of phosphoric acid groups is 1. The van der Waals surface area contributed by atoms with Gasteiger partial charge < -0.3 is 15.5 Å². The summed E-state index contributed by atoms with van der Waals surface area (Å²) in [4.78, 5) is 20.3. The predicted molar refractivity (Wildman–Crippen MR) is 107 cm³/mol. The minimum absolute atomic E-state index is 0.142. The van der Waals surface area contributed by atoms with Crippen molar-refractivity contribution in [3.8, 4) is 0 Å². The fourth-order valence-corrected chi connectivity index (χ4v) is 5.13. The maximum absolute atomic E-state index is 10.8. The number of hydrogen-bond acceptors (Lipinski definition) is 4. The number of unbranched alkanes of at least 4 members (excludes halogenated alkanes) is 1. The molecule has 1 aromatic rings. The summed E-state index contributed by atoms with van der Waals surface area (Å²) in [5.74, 6) is 0.972. The van der Waals surface area contributed by atoms with E-state index in [1.807, 2.05) is 11.3 Å². The van der Waals surface area contributed by atoms with Gasteiger partial charge in [0.25, 0.3) is 0 Å². The van der Waals surface area contributed by atoms with Gasteiger partial charge in [0, 0.05) is 15.3 Å². The molecule has 0 aliphatic heterocycles. The molecular formula is C19H34NO4PS. The third-order valence-electron chi connectivity index (χ3n) is 5.23. The van der Waals surface area contributed by atoms with Crippen LogP contribution in [0.25, 0.3) is 0 Å². The first-order valence-corrected chi connectivity index (χ1v) is 12.1. The number of hydrogen-bond donors (Lipinski definition) is 3. The SMILES string of the molecule is CC(N)(CCc1ccc(CCCCC2CCCCC2)s1)COP(=O)(O)O. The largest absolute Gasteiger partial charge is 0.469 e. The first-order chi connectivity index (χ1) is 12.2. The number of aryl methyl sites for hydroxylation is 2. The molecule has 1 heterocycles. The van der Waals surface area contributed by atoms with Gasteiger partial charge in [-0.05, 0) is 50.7 Å². The Morgan fingerprint density at radius 2 is 1.85 bits per heavy atom. The average molecular weight is 404 g/mol. The molecule has 26 heavy (non-hydrogen) atoms. The maximum Gasteiger partial charge on any atom is 0.469 e. The molecule has 1 aliphatic carbocycles. The highest BCUT2D eigenvalue weighted by Gasteiger charge is 2.24. The molecule has 4 N–H and O–H groups in total. The molecule has 0 bridgehead atoms. The summed E-state index contributed by atoms with van der Waals surface area (Å²) in [6.07, 6.45) is 13.7. The van der Waals surface area contributed by atoms with E-state index in [2.05, 4.69) is 16.7 Å². The molecule has 0 radical (unpaired) electrons. The van der Waals surface area contributed by atoms with Gasteiger partial charge in [0.15, 0.2) is 0 Å². The lowest BCUT2D eigenvalue weighted by molar-refractivity contribution is 0.154. The summed E-state index contributed by atoms with van der Waals surface area (Å²) in [5, 5.41) is 0. The number of thiophene rings is 1. The van der Waals surface area contributed by atoms with Crippen LogP contribution in [0.4, 0.5) is 0 Å². The molecule has 0 saturated heterocycles. The summed E-state index contributed by atoms with van der Waals surface area (Å²) < 4.78 is 15.3. The van der Waals surface area contributed by atoms with Crippen molar-refractivity contribution in [2.45, 2.75) is 83.1 Å². The summed E-state index contributed by atoms with van der Waals surface area (Å²) in [5.41, 5.74) is 5.34. The Hall–Kier alpha value is -0.230. The summed E-state index contributed by atoms with van der Waals surface area (Å²) >= 11 is 1.83. The van der Waals surface area contributed by atoms with Crippen molar-refractivity contribution >= 4 is 19.2 Å². The van der Waals surface area contributed by atoms with E-state index in [0.717, 1.165) is 18.8 Å². The van der Waals surface area contributed by atoms with E-state index in [1.165, 1.54) is 61.1 Å². The second kappa shape index (κ2) is 10.4. The molecule has 5 nitrogen and oxygen atoms in total. The van der Waals surface area contributed by atoms with Gasteiger partial charge in [0.1, 0.15) is 0 Å². The molecule has 1 aliphatic rings. The van der Waals surface area contributed by atoms with Crippen LogP contribution in [0.5, 0.6) is 0 Å². The van der Waals surface area contributed by atoms with E-state index in [9.17, 15) is 4.57 Å². The normalized spacial score (nSPS) is 18.8. The lowest BCUT2D eigenvalue weighted by Crippen LogP contribution is -2.41. The van der Waals surface area contributed by atoms with Crippen LogP contribution in [0.15, 0.2) is 12.1 Å². The highest BCUT2D eigenvalue weighted by molar-refractivity contribution is 7.46. The molecule has 0 spiro atoms. The lowest BCUT2D eigenvalue weighted by atomic mass is 9.85. The van der Waals surface area contributed by atoms with Crippen LogP contribution in [0.2, 0.25) is 0 Å². The van der Waals surface area contributed by atoms with E-state index >= 15 is 0 Å². The minimum Gasteiger partial charge on any atom is -0.323 e. The minimum atomic E-state index is -4.46. The van der Waals surface area contributed by atoms with Gasteiger partial charge in [0.05, 0.1) is 6.61 Å². The van der Waals surface area contributed by atoms with Crippen molar-refractivity contribution in [2.75, 3.05) is 6.61 Å². The quantitative estimate of drug-likeness (QED) is 0.364. The second-order valence-corrected chi connectivity index (χ2v) is 10.5. The Labute approximate surface area is 161 Å². The Kier molecular flexibility index (Phi) is 8.78. The van der Waals surface area contributed by atoms with Crippen molar-refractivity contribution in [1.29, 1.82) is 0 Å². The van der Waals surface area contributed by atoms with E-state index in [1.54, 1.807) is 6.92 Å². The van der Waals surface area contributed by atoms with Gasteiger partial charge in [-0.15, -0.1) is 11.3 Å². The molecule has 1 aromatic heterocycles. The average Bonchev–Trinajstić information content (AvgIpc) is 3.04. The van der Waals surface area contributed by atoms with Gasteiger partial charge >= 0.3 is 7.82 Å². The van der Waals surface area contributed by atoms with Gasteiger partial charge in [-0.3, -0.25) is 4.52 Å². The van der Waals surface area contributed by atoms with Gasteiger partial charge in [-0.2, -0.15) is 0 Å². The van der Waals surface area contributed by atoms with Crippen LogP contribution < -0.4 is 5.73 Å². The van der Waals surface area contributed by atoms with Crippen LogP contribution in [0.3, 0.4) is 0 Å². The first kappa shape index (κ1) is 22.1. The van der Waals surface area contributed by atoms with Crippen LogP contribution in [-0.4, -0.2) is 21.9 Å². The van der Waals surface area contributed by atoms with Crippen molar-refractivity contribution in [2.24, 2.45) is 11.7 Å². The van der Waals surface area contributed by atoms with E-state index in [-0.39, 0.29) is 6.61 Å². The summed E-state index contributed by atoms with van der Waals surface area (Å²) in [6.45, 7) is 1.62. The smallest absolute Gasteiger partial charge is 0.323 e. The highest BCUT2D eigenvalue weighted by Crippen LogP contribution is 2.37. The standard InChI is InChI=1S/C19H34NO4PS/c1-19(20,15-24-25(21,22)23)14-13-18-12-11-17(26-18)10-6-5-9-16-7-3-2-4-8-16/h11-12,16H,2-10,13-15,20H2,1H3,(H2,21,22,23). The molecule has 2 rings (SSSR count). The zero-order valence-corrected chi connectivity index (χ0v) is 17.6. The lowest BCUT2D eigenvalue weighted by Gasteiger charge is -2.24. The first-order valence-electron chi connectivity index (χ1n) is 9.80. The van der Waals surface area contributed by atoms with Crippen LogP contribution in [0, 0.1) is 5.92 Å². The Morgan fingerprint density at radius 1 is 1.19 bits per heavy atom. The zero-order chi connectivity index (χ0) is 19.0. The van der Waals surface area contributed by atoms with Crippen molar-refractivity contribution in [3.63, 3.8) is 0 Å². The maximum atomic E-state index is 10.8. The molecule has 1 atom stereocenters. The van der Waals surface area contributed by atoms with Gasteiger partial charge in [-0.25, -0.2) is 4.57 Å². The van der Waals surface area contributed by atoms with Crippen LogP contribution in [0.1, 0.15) is 74.5 Å². The molecule has 1 saturated carbocycles. The van der Waals surface area contributed by atoms with Crippen molar-refractivity contribution in [1.82, 2.24) is 0 Å². The highest BCUT2D eigenvalue weighted by atomic mass is 32.1. The predicted octanol–water partition coefficient (Wildman–Crippen LogP) is 4.80. The van der Waals surface area contributed by atoms with Crippen LogP contribution in [-0.2, 0) is 21.9 Å². The van der Waals surface area contributed by atoms with Gasteiger partial charge in [0.2, 0.25) is 0 Å². The Morgan fingerprint density at radius 3 is 2.50 bits per heavy atom. The number of rotatable bonds is 11. The van der Waals surface area contributed by atoms with Crippen molar-refractivity contribution in [3.05, 3.63) is 21.9 Å². The van der Waals surface area contributed by atoms with Crippen molar-refractivity contribution < 1.29 is 18.9 Å². The Bertz CT molecular complexity index is 578. The topological polar surface area (TPSA) is 92.8 Å². The molecule has 7 heteroatoms. The number of phosphoric ester groups is 1. The van der Waals surface area contributed by atoms with E-state index in [4.69, 9.17) is 15.5 Å². The molecule has 0 amide bonds. The molecule has 150 valence electrons. The third-order valence-corrected chi connectivity index (χ3v) is 6.90. The monoisotopic (exact) mass is 403 g/mol. The fourth-order valence-electron chi connectivity index (χ4n) is 3.61. The molecule has 0 aromatic carbocycles. The molecule has 1 unspecified atom stereocenters. The third kappa shape index (κ3) is 9.12. The van der Waals surface area contributed by atoms with E-state index in [0.29, 0.717) is 6.42 Å². The molecule has 1 fully saturated rings. The summed E-state index contributed by atoms with van der Waals surface area (Å²) in [6, 6.07) is 4.36.